The summed E-state index contributed by atoms with van der Waals surface area (Å²) in [4.78, 5) is 0. The van der Waals surface area contributed by atoms with Gasteiger partial charge >= 0.3 is 0 Å². The summed E-state index contributed by atoms with van der Waals surface area (Å²) < 4.78 is 12.0. The molecule has 1 aromatic carbocycles. The van der Waals surface area contributed by atoms with Gasteiger partial charge in [-0.05, 0) is 86.5 Å². The van der Waals surface area contributed by atoms with Crippen LogP contribution in [0.5, 0.6) is 11.5 Å². The van der Waals surface area contributed by atoms with Crippen molar-refractivity contribution in [2.75, 3.05) is 13.2 Å². The Morgan fingerprint density at radius 3 is 1.94 bits per heavy atom. The normalized spacial score (nSPS) is 26.3. The third-order valence-corrected chi connectivity index (χ3v) is 7.83. The Labute approximate surface area is 198 Å². The molecule has 2 aliphatic rings. The van der Waals surface area contributed by atoms with E-state index >= 15 is 0 Å². The maximum Gasteiger partial charge on any atom is 0.120 e. The molecule has 0 aromatic heterocycles. The van der Waals surface area contributed by atoms with Gasteiger partial charge in [0.2, 0.25) is 0 Å². The van der Waals surface area contributed by atoms with Crippen molar-refractivity contribution < 1.29 is 9.47 Å². The Balaban J connectivity index is 1.27. The smallest absolute Gasteiger partial charge is 0.120 e. The zero-order valence-electron chi connectivity index (χ0n) is 20.9. The second-order valence-electron chi connectivity index (χ2n) is 10.5. The van der Waals surface area contributed by atoms with Crippen LogP contribution in [0.25, 0.3) is 0 Å². The van der Waals surface area contributed by atoms with E-state index in [1.54, 1.807) is 0 Å². The Morgan fingerprint density at radius 2 is 1.28 bits per heavy atom. The summed E-state index contributed by atoms with van der Waals surface area (Å²) in [5.41, 5.74) is 0. The molecule has 2 saturated carbocycles. The molecule has 0 bridgehead atoms. The average Bonchev–Trinajstić information content (AvgIpc) is 2.83. The molecule has 2 heteroatoms. The monoisotopic (exact) mass is 440 g/mol. The van der Waals surface area contributed by atoms with E-state index < -0.39 is 0 Å². The van der Waals surface area contributed by atoms with Crippen molar-refractivity contribution in [3.63, 3.8) is 0 Å². The van der Waals surface area contributed by atoms with Gasteiger partial charge in [0.15, 0.2) is 0 Å². The van der Waals surface area contributed by atoms with Gasteiger partial charge in [-0.25, -0.2) is 0 Å². The zero-order valence-corrected chi connectivity index (χ0v) is 20.9. The molecule has 0 unspecified atom stereocenters. The highest BCUT2D eigenvalue weighted by atomic mass is 16.5. The van der Waals surface area contributed by atoms with Crippen molar-refractivity contribution in [3.05, 3.63) is 36.4 Å². The van der Waals surface area contributed by atoms with Gasteiger partial charge in [0.25, 0.3) is 0 Å². The number of hydrogen-bond acceptors (Lipinski definition) is 2. The fraction of sp³-hybridized carbons (Fsp3) is 0.733. The van der Waals surface area contributed by atoms with Crippen LogP contribution in [0, 0.1) is 23.7 Å². The van der Waals surface area contributed by atoms with Gasteiger partial charge in [-0.3, -0.25) is 0 Å². The van der Waals surface area contributed by atoms with Crippen LogP contribution in [0.1, 0.15) is 104 Å². The van der Waals surface area contributed by atoms with Crippen molar-refractivity contribution in [2.45, 2.75) is 104 Å². The molecule has 3 rings (SSSR count). The lowest BCUT2D eigenvalue weighted by Gasteiger charge is -2.28. The topological polar surface area (TPSA) is 18.5 Å². The van der Waals surface area contributed by atoms with Crippen LogP contribution in [0.2, 0.25) is 0 Å². The summed E-state index contributed by atoms with van der Waals surface area (Å²) in [5.74, 6) is 5.34. The predicted molar refractivity (Wildman–Crippen MR) is 137 cm³/mol. The van der Waals surface area contributed by atoms with E-state index in [1.165, 1.54) is 89.9 Å². The first-order chi connectivity index (χ1) is 15.8. The first-order valence-corrected chi connectivity index (χ1v) is 13.8. The van der Waals surface area contributed by atoms with E-state index in [0.717, 1.165) is 41.8 Å². The molecule has 1 aromatic rings. The number of hydrogen-bond donors (Lipinski definition) is 0. The minimum atomic E-state index is 0.664. The summed E-state index contributed by atoms with van der Waals surface area (Å²) in [5, 5.41) is 0. The summed E-state index contributed by atoms with van der Waals surface area (Å²) in [6.45, 7) is 6.13. The molecule has 0 radical (unpaired) electrons. The van der Waals surface area contributed by atoms with E-state index in [-0.39, 0.29) is 0 Å². The third-order valence-electron chi connectivity index (χ3n) is 7.83. The van der Waals surface area contributed by atoms with E-state index in [9.17, 15) is 0 Å². The SMILES string of the molecule is CCCCC[C@H]1CC[C@H](/C=C/COc2ccc(OC[C@H]3CC[C@H](CCC)CC3)cc2)CC1. The molecule has 0 spiro atoms. The van der Waals surface area contributed by atoms with Crippen LogP contribution in [0.15, 0.2) is 36.4 Å². The molecule has 2 nitrogen and oxygen atoms in total. The maximum absolute atomic E-state index is 6.07. The third kappa shape index (κ3) is 9.20. The molecule has 0 N–H and O–H groups in total. The first kappa shape index (κ1) is 25.2. The lowest BCUT2D eigenvalue weighted by atomic mass is 9.79. The quantitative estimate of drug-likeness (QED) is 0.225. The van der Waals surface area contributed by atoms with Crippen molar-refractivity contribution in [1.29, 1.82) is 0 Å². The Hall–Kier alpha value is -1.44. The van der Waals surface area contributed by atoms with Gasteiger partial charge in [-0.15, -0.1) is 0 Å². The van der Waals surface area contributed by atoms with Crippen molar-refractivity contribution >= 4 is 0 Å². The summed E-state index contributed by atoms with van der Waals surface area (Å²) >= 11 is 0. The van der Waals surface area contributed by atoms with Crippen LogP contribution >= 0.6 is 0 Å². The molecule has 180 valence electrons. The highest BCUT2D eigenvalue weighted by Crippen LogP contribution is 2.33. The summed E-state index contributed by atoms with van der Waals surface area (Å²) in [6, 6.07) is 8.20. The van der Waals surface area contributed by atoms with Crippen molar-refractivity contribution in [1.82, 2.24) is 0 Å². The molecule has 0 amide bonds. The van der Waals surface area contributed by atoms with Crippen LogP contribution < -0.4 is 9.47 Å². The Kier molecular flexibility index (Phi) is 11.5. The Morgan fingerprint density at radius 1 is 0.688 bits per heavy atom. The molecule has 0 heterocycles. The summed E-state index contributed by atoms with van der Waals surface area (Å²) in [7, 11) is 0. The maximum atomic E-state index is 6.07. The highest BCUT2D eigenvalue weighted by molar-refractivity contribution is 5.31. The number of unbranched alkanes of at least 4 members (excludes halogenated alkanes) is 2. The van der Waals surface area contributed by atoms with E-state index in [4.69, 9.17) is 9.47 Å². The molecule has 2 fully saturated rings. The minimum absolute atomic E-state index is 0.664. The lowest BCUT2D eigenvalue weighted by molar-refractivity contribution is 0.178. The lowest BCUT2D eigenvalue weighted by Crippen LogP contribution is -2.20. The van der Waals surface area contributed by atoms with Crippen molar-refractivity contribution in [2.24, 2.45) is 23.7 Å². The van der Waals surface area contributed by atoms with Gasteiger partial charge in [0.05, 0.1) is 6.61 Å². The standard InChI is InChI=1S/C30H48O2/c1-3-5-6-9-26-11-13-27(14-12-26)10-7-23-31-29-19-21-30(22-20-29)32-24-28-17-15-25(8-4-2)16-18-28/h7,10,19-22,25-28H,3-6,8-9,11-18,23-24H2,1-2H3/b10-7+/t25-,26-,27-,28-. The molecule has 2 aliphatic carbocycles. The van der Waals surface area contributed by atoms with E-state index in [1.807, 2.05) is 12.1 Å². The number of benzene rings is 1. The first-order valence-electron chi connectivity index (χ1n) is 13.8. The van der Waals surface area contributed by atoms with Crippen LogP contribution in [0.4, 0.5) is 0 Å². The van der Waals surface area contributed by atoms with Crippen molar-refractivity contribution in [3.8, 4) is 11.5 Å². The van der Waals surface area contributed by atoms with Gasteiger partial charge in [0.1, 0.15) is 18.1 Å². The van der Waals surface area contributed by atoms with Crippen LogP contribution in [-0.2, 0) is 0 Å². The second-order valence-corrected chi connectivity index (χ2v) is 10.5. The van der Waals surface area contributed by atoms with Gasteiger partial charge in [-0.1, -0.05) is 77.4 Å². The fourth-order valence-corrected chi connectivity index (χ4v) is 5.69. The predicted octanol–water partition coefficient (Wildman–Crippen LogP) is 8.99. The molecule has 32 heavy (non-hydrogen) atoms. The van der Waals surface area contributed by atoms with Crippen LogP contribution in [0.3, 0.4) is 0 Å². The molecule has 0 saturated heterocycles. The fourth-order valence-electron chi connectivity index (χ4n) is 5.69. The number of ether oxygens (including phenoxy) is 2. The van der Waals surface area contributed by atoms with Gasteiger partial charge in [0, 0.05) is 0 Å². The zero-order chi connectivity index (χ0) is 22.4. The van der Waals surface area contributed by atoms with Gasteiger partial charge in [-0.2, -0.15) is 0 Å². The summed E-state index contributed by atoms with van der Waals surface area (Å²) in [6.07, 6.45) is 24.0. The number of rotatable bonds is 13. The van der Waals surface area contributed by atoms with Crippen LogP contribution in [-0.4, -0.2) is 13.2 Å². The molecule has 0 aliphatic heterocycles. The highest BCUT2D eigenvalue weighted by Gasteiger charge is 2.21. The second kappa shape index (κ2) is 14.7. The molecular weight excluding hydrogens is 392 g/mol. The molecule has 0 atom stereocenters. The van der Waals surface area contributed by atoms with E-state index in [0.29, 0.717) is 6.61 Å². The Bertz CT molecular complexity index is 619. The largest absolute Gasteiger partial charge is 0.493 e. The number of allylic oxidation sites excluding steroid dienone is 1. The van der Waals surface area contributed by atoms with E-state index in [2.05, 4.69) is 38.1 Å². The minimum Gasteiger partial charge on any atom is -0.493 e. The van der Waals surface area contributed by atoms with Gasteiger partial charge < -0.3 is 9.47 Å². The average molecular weight is 441 g/mol. The molecular formula is C30H48O2.